The highest BCUT2D eigenvalue weighted by Crippen LogP contribution is 2.41. The number of imide groups is 1. The number of likely N-dealkylation sites (tertiary alicyclic amines) is 1. The van der Waals surface area contributed by atoms with Gasteiger partial charge in [-0.1, -0.05) is 19.1 Å². The second-order valence-corrected chi connectivity index (χ2v) is 12.1. The molecule has 5 rings (SSSR count). The van der Waals surface area contributed by atoms with Gasteiger partial charge in [0.15, 0.2) is 0 Å². The van der Waals surface area contributed by atoms with E-state index >= 15 is 4.39 Å². The Kier molecular flexibility index (Phi) is 13.9. The third-order valence-electron chi connectivity index (χ3n) is 8.00. The lowest BCUT2D eigenvalue weighted by molar-refractivity contribution is -0.874. The van der Waals surface area contributed by atoms with Gasteiger partial charge in [-0.05, 0) is 48.5 Å². The Morgan fingerprint density at radius 3 is 2.66 bits per heavy atom. The summed E-state index contributed by atoms with van der Waals surface area (Å²) in [7, 11) is 1.58. The van der Waals surface area contributed by atoms with Crippen LogP contribution in [0.4, 0.5) is 13.6 Å². The number of amides is 2. The van der Waals surface area contributed by atoms with E-state index in [-0.39, 0.29) is 73.8 Å². The summed E-state index contributed by atoms with van der Waals surface area (Å²) in [6, 6.07) is 10.9. The molecule has 4 aromatic rings. The summed E-state index contributed by atoms with van der Waals surface area (Å²) < 4.78 is 37.1. The Bertz CT molecular complexity index is 1890. The summed E-state index contributed by atoms with van der Waals surface area (Å²) in [5.41, 5.74) is -0.669. The van der Waals surface area contributed by atoms with Crippen molar-refractivity contribution in [2.45, 2.75) is 50.8 Å². The molecule has 0 unspecified atom stereocenters. The second kappa shape index (κ2) is 17.2. The van der Waals surface area contributed by atoms with Crippen LogP contribution in [0.5, 0.6) is 0 Å². The molecule has 2 aromatic heterocycles. The number of benzene rings is 2. The number of aliphatic hydroxyl groups is 1. The number of ether oxygens (including phenoxy) is 1. The van der Waals surface area contributed by atoms with Crippen LogP contribution in [0, 0.1) is 29.9 Å². The lowest BCUT2D eigenvalue weighted by atomic mass is 9.82. The van der Waals surface area contributed by atoms with Crippen LogP contribution >= 0.6 is 23.7 Å². The predicted octanol–water partition coefficient (Wildman–Crippen LogP) is 0.172. The molecule has 2 amide bonds. The third kappa shape index (κ3) is 8.79. The number of esters is 1. The van der Waals surface area contributed by atoms with Crippen LogP contribution in [0.3, 0.4) is 0 Å². The number of aryl methyl sites for hydroxylation is 1. The Morgan fingerprint density at radius 1 is 1.26 bits per heavy atom. The first kappa shape index (κ1) is 40.3. The van der Waals surface area contributed by atoms with Gasteiger partial charge in [0, 0.05) is 40.9 Å². The van der Waals surface area contributed by atoms with Crippen molar-refractivity contribution in [3.63, 3.8) is 0 Å². The minimum Gasteiger partial charge on any atom is -1.00 e. The molecule has 1 aliphatic heterocycles. The van der Waals surface area contributed by atoms with E-state index in [1.807, 2.05) is 0 Å². The molecule has 0 radical (unpaired) electrons. The third-order valence-corrected chi connectivity index (χ3v) is 9.03. The van der Waals surface area contributed by atoms with E-state index in [1.54, 1.807) is 43.6 Å². The minimum absolute atomic E-state index is 0. The molecule has 0 saturated carbocycles. The van der Waals surface area contributed by atoms with E-state index < -0.39 is 53.7 Å². The van der Waals surface area contributed by atoms with E-state index in [1.165, 1.54) is 29.3 Å². The number of rotatable bonds is 11. The van der Waals surface area contributed by atoms with E-state index in [4.69, 9.17) is 14.8 Å². The predicted molar refractivity (Wildman–Crippen MR) is 172 cm³/mol. The summed E-state index contributed by atoms with van der Waals surface area (Å²) >= 11 is 1.22. The van der Waals surface area contributed by atoms with Crippen LogP contribution < -0.4 is 38.9 Å². The molecule has 2 N–H and O–H groups in total. The van der Waals surface area contributed by atoms with Gasteiger partial charge in [-0.3, -0.25) is 14.4 Å². The van der Waals surface area contributed by atoms with Crippen molar-refractivity contribution in [1.82, 2.24) is 25.0 Å². The summed E-state index contributed by atoms with van der Waals surface area (Å²) in [5, 5.41) is 30.5. The number of nitriles is 1. The fourth-order valence-electron chi connectivity index (χ4n) is 5.36. The van der Waals surface area contributed by atoms with Crippen LogP contribution in [-0.2, 0) is 26.5 Å². The normalized spacial score (nSPS) is 15.7. The van der Waals surface area contributed by atoms with Crippen LogP contribution in [0.2, 0.25) is 0 Å². The first-order chi connectivity index (χ1) is 22.9. The van der Waals surface area contributed by atoms with Crippen molar-refractivity contribution >= 4 is 41.7 Å². The lowest BCUT2D eigenvalue weighted by Gasteiger charge is -2.32. The van der Waals surface area contributed by atoms with Crippen molar-refractivity contribution in [1.29, 1.82) is 5.26 Å². The van der Waals surface area contributed by atoms with Gasteiger partial charge in [0.05, 0.1) is 34.9 Å². The van der Waals surface area contributed by atoms with E-state index in [2.05, 4.69) is 21.5 Å². The SMILES string of the molecule is CNCC(=O)OC[C@@H]1CCC(=O)N1C(=O)O[n+]1cn(C[C@](O)(c2cc(F)ccc2F)[C@@H](C)c2nc(-c3ccc(C#N)cc3)cs2)nc1C.Cl.[I-]. The number of hydrogen-bond acceptors (Lipinski definition) is 11. The van der Waals surface area contributed by atoms with Gasteiger partial charge < -0.3 is 39.1 Å². The number of nitrogens with zero attached hydrogens (tertiary/aromatic N) is 6. The Labute approximate surface area is 313 Å². The Morgan fingerprint density at radius 2 is 1.98 bits per heavy atom. The molecule has 18 heteroatoms. The molecule has 266 valence electrons. The van der Waals surface area contributed by atoms with Gasteiger partial charge in [-0.15, -0.1) is 28.4 Å². The average Bonchev–Trinajstić information content (AvgIpc) is 3.79. The maximum absolute atomic E-state index is 15.3. The van der Waals surface area contributed by atoms with Crippen LogP contribution in [-0.4, -0.2) is 69.0 Å². The fourth-order valence-corrected chi connectivity index (χ4v) is 6.33. The summed E-state index contributed by atoms with van der Waals surface area (Å²) in [6.45, 7) is 2.47. The van der Waals surface area contributed by atoms with E-state index in [9.17, 15) is 23.9 Å². The topological polar surface area (TPSA) is 164 Å². The van der Waals surface area contributed by atoms with Crippen molar-refractivity contribution in [2.75, 3.05) is 20.2 Å². The summed E-state index contributed by atoms with van der Waals surface area (Å²) in [4.78, 5) is 48.4. The molecule has 1 fully saturated rings. The maximum Gasteiger partial charge on any atom is 0.454 e. The van der Waals surface area contributed by atoms with Crippen molar-refractivity contribution < 1.29 is 66.6 Å². The largest absolute Gasteiger partial charge is 1.00 e. The highest BCUT2D eigenvalue weighted by atomic mass is 127. The van der Waals surface area contributed by atoms with Crippen molar-refractivity contribution in [3.05, 3.63) is 87.8 Å². The molecule has 50 heavy (non-hydrogen) atoms. The standard InChI is InChI=1S/C32H32F2N7O6S.ClH.HI/c1-19(30-37-27(16-48-30)22-6-4-21(13-35)5-7-22)32(45,25-12-23(33)8-10-26(25)34)17-39-18-40(20(2)38-39)47-31(44)41-24(9-11-28(41)42)15-46-29(43)14-36-3;;/h4-8,10,12,16,18-19,24,36,45H,9,11,14-15,17H2,1-3H3;2*1H/q+1;;/p-1/t19-,24-,32+;;/m0../s1. The van der Waals surface area contributed by atoms with Crippen LogP contribution in [0.25, 0.3) is 11.3 Å². The highest BCUT2D eigenvalue weighted by Gasteiger charge is 2.44. The average molecular weight is 844 g/mol. The lowest BCUT2D eigenvalue weighted by Crippen LogP contribution is -3.00. The van der Waals surface area contributed by atoms with Gasteiger partial charge in [-0.25, -0.2) is 23.5 Å². The number of aromatic nitrogens is 4. The molecule has 1 saturated heterocycles. The fraction of sp³-hybridized carbons (Fsp3) is 0.344. The van der Waals surface area contributed by atoms with Gasteiger partial charge in [-0.2, -0.15) is 5.26 Å². The molecule has 0 aliphatic carbocycles. The summed E-state index contributed by atoms with van der Waals surface area (Å²) in [6.07, 6.45) is 0.532. The number of carbonyl (C=O) groups is 3. The molecule has 13 nitrogen and oxygen atoms in total. The first-order valence-electron chi connectivity index (χ1n) is 14.9. The number of halogens is 4. The van der Waals surface area contributed by atoms with Crippen molar-refractivity contribution in [2.24, 2.45) is 0 Å². The minimum atomic E-state index is -2.11. The molecule has 0 bridgehead atoms. The van der Waals surface area contributed by atoms with Crippen LogP contribution in [0.1, 0.15) is 47.6 Å². The Hall–Kier alpha value is -4.09. The Balaban J connectivity index is 0.00000338. The molecule has 0 spiro atoms. The first-order valence-corrected chi connectivity index (χ1v) is 15.8. The van der Waals surface area contributed by atoms with Gasteiger partial charge in [0.2, 0.25) is 5.91 Å². The van der Waals surface area contributed by atoms with Crippen LogP contribution in [0.15, 0.2) is 54.2 Å². The van der Waals surface area contributed by atoms with E-state index in [0.717, 1.165) is 33.4 Å². The zero-order valence-electron chi connectivity index (χ0n) is 27.0. The summed E-state index contributed by atoms with van der Waals surface area (Å²) in [5.74, 6) is -3.44. The number of likely N-dealkylation sites (N-methyl/N-ethyl adjacent to an activating group) is 1. The number of nitrogens with one attached hydrogen (secondary N) is 1. The number of hydrogen-bond donors (Lipinski definition) is 2. The monoisotopic (exact) mass is 843 g/mol. The molecular weight excluding hydrogens is 811 g/mol. The number of thiazole rings is 1. The number of carbonyl (C=O) groups excluding carboxylic acids is 3. The molecular formula is C32H33ClF2IN7O6S. The van der Waals surface area contributed by atoms with Gasteiger partial charge >= 0.3 is 17.9 Å². The highest BCUT2D eigenvalue weighted by molar-refractivity contribution is 7.10. The molecule has 2 aromatic carbocycles. The maximum atomic E-state index is 15.3. The van der Waals surface area contributed by atoms with Gasteiger partial charge in [0.1, 0.15) is 30.4 Å². The molecule has 3 atom stereocenters. The molecule has 1 aliphatic rings. The zero-order chi connectivity index (χ0) is 34.6. The second-order valence-electron chi connectivity index (χ2n) is 11.2. The zero-order valence-corrected chi connectivity index (χ0v) is 30.8. The van der Waals surface area contributed by atoms with Crippen molar-refractivity contribution in [3.8, 4) is 17.3 Å². The smallest absolute Gasteiger partial charge is 0.454 e. The van der Waals surface area contributed by atoms with E-state index in [0.29, 0.717) is 16.3 Å². The quantitative estimate of drug-likeness (QED) is 0.121. The molecule has 3 heterocycles. The van der Waals surface area contributed by atoms with Gasteiger partial charge in [0.25, 0.3) is 6.33 Å².